The van der Waals surface area contributed by atoms with Crippen molar-refractivity contribution in [3.8, 4) is 11.5 Å². The second-order valence-electron chi connectivity index (χ2n) is 6.10. The van der Waals surface area contributed by atoms with Crippen molar-refractivity contribution in [1.82, 2.24) is 9.97 Å². The molecule has 0 radical (unpaired) electrons. The maximum absolute atomic E-state index is 13.3. The lowest BCUT2D eigenvalue weighted by Crippen LogP contribution is -2.17. The van der Waals surface area contributed by atoms with Crippen LogP contribution >= 0.6 is 0 Å². The fraction of sp³-hybridized carbons (Fsp3) is 0.190. The first-order chi connectivity index (χ1) is 14.0. The number of benzene rings is 2. The molecule has 0 saturated carbocycles. The Morgan fingerprint density at radius 2 is 1.83 bits per heavy atom. The van der Waals surface area contributed by atoms with Crippen molar-refractivity contribution < 1.29 is 18.7 Å². The molecule has 0 aliphatic heterocycles. The summed E-state index contributed by atoms with van der Waals surface area (Å²) < 4.78 is 24.0. The lowest BCUT2D eigenvalue weighted by atomic mass is 10.3. The molecule has 0 spiro atoms. The molecule has 3 aromatic rings. The van der Waals surface area contributed by atoms with Gasteiger partial charge in [0, 0.05) is 11.8 Å². The number of nitrogens with one attached hydrogen (secondary N) is 2. The molecule has 1 aromatic heterocycles. The summed E-state index contributed by atoms with van der Waals surface area (Å²) in [6.07, 6.45) is 0. The second-order valence-corrected chi connectivity index (χ2v) is 6.10. The van der Waals surface area contributed by atoms with Crippen molar-refractivity contribution in [3.63, 3.8) is 0 Å². The number of aryl methyl sites for hydroxylation is 1. The average Bonchev–Trinajstić information content (AvgIpc) is 2.71. The summed E-state index contributed by atoms with van der Waals surface area (Å²) in [6.45, 7) is 2.58. The number of methoxy groups -OCH3 is 1. The van der Waals surface area contributed by atoms with Crippen LogP contribution < -0.4 is 20.1 Å². The molecular weight excluding hydrogens is 375 g/mol. The second kappa shape index (κ2) is 9.50. The van der Waals surface area contributed by atoms with Gasteiger partial charge in [0.25, 0.3) is 5.91 Å². The van der Waals surface area contributed by atoms with E-state index >= 15 is 0 Å². The molecule has 0 aliphatic carbocycles. The first kappa shape index (κ1) is 20.1. The Hall–Kier alpha value is -3.68. The minimum atomic E-state index is -0.446. The summed E-state index contributed by atoms with van der Waals surface area (Å²) in [5.41, 5.74) is 0.536. The van der Waals surface area contributed by atoms with Gasteiger partial charge in [0.1, 0.15) is 41.3 Å². The van der Waals surface area contributed by atoms with E-state index in [-0.39, 0.29) is 5.69 Å². The Kier molecular flexibility index (Phi) is 6.57. The molecule has 2 N–H and O–H groups in total. The predicted molar refractivity (Wildman–Crippen MR) is 108 cm³/mol. The normalized spacial score (nSPS) is 10.3. The monoisotopic (exact) mass is 396 g/mol. The van der Waals surface area contributed by atoms with Gasteiger partial charge < -0.3 is 20.1 Å². The third-order valence-corrected chi connectivity index (χ3v) is 3.89. The van der Waals surface area contributed by atoms with Crippen LogP contribution in [-0.2, 0) is 0 Å². The Morgan fingerprint density at radius 3 is 2.55 bits per heavy atom. The number of hydrogen-bond donors (Lipinski definition) is 2. The van der Waals surface area contributed by atoms with Gasteiger partial charge in [-0.2, -0.15) is 0 Å². The Bertz CT molecular complexity index is 980. The molecule has 0 fully saturated rings. The highest BCUT2D eigenvalue weighted by Gasteiger charge is 2.11. The minimum absolute atomic E-state index is 0.181. The molecule has 0 saturated heterocycles. The Labute approximate surface area is 167 Å². The minimum Gasteiger partial charge on any atom is -0.497 e. The summed E-state index contributed by atoms with van der Waals surface area (Å²) >= 11 is 0. The molecule has 150 valence electrons. The van der Waals surface area contributed by atoms with Crippen LogP contribution in [0, 0.1) is 12.7 Å². The predicted octanol–water partition coefficient (Wildman–Crippen LogP) is 3.68. The van der Waals surface area contributed by atoms with E-state index in [1.807, 2.05) is 24.3 Å². The van der Waals surface area contributed by atoms with Crippen molar-refractivity contribution in [2.24, 2.45) is 0 Å². The van der Waals surface area contributed by atoms with E-state index in [2.05, 4.69) is 20.6 Å². The van der Waals surface area contributed by atoms with Gasteiger partial charge in [-0.15, -0.1) is 0 Å². The number of hydrogen-bond acceptors (Lipinski definition) is 6. The van der Waals surface area contributed by atoms with E-state index in [1.165, 1.54) is 24.3 Å². The van der Waals surface area contributed by atoms with Gasteiger partial charge in [0.05, 0.1) is 13.7 Å². The van der Waals surface area contributed by atoms with Crippen LogP contribution in [0.25, 0.3) is 0 Å². The number of rotatable bonds is 8. The van der Waals surface area contributed by atoms with Crippen molar-refractivity contribution in [3.05, 3.63) is 71.9 Å². The highest BCUT2D eigenvalue weighted by Crippen LogP contribution is 2.17. The first-order valence-corrected chi connectivity index (χ1v) is 8.97. The maximum atomic E-state index is 13.3. The van der Waals surface area contributed by atoms with Crippen LogP contribution in [0.2, 0.25) is 0 Å². The largest absolute Gasteiger partial charge is 0.497 e. The van der Waals surface area contributed by atoms with Gasteiger partial charge in [-0.25, -0.2) is 14.4 Å². The highest BCUT2D eigenvalue weighted by atomic mass is 19.1. The van der Waals surface area contributed by atoms with Gasteiger partial charge in [0.2, 0.25) is 0 Å². The SMILES string of the molecule is COc1ccc(OCCNc2cc(C(=O)Nc3cccc(F)c3)nc(C)n2)cc1. The maximum Gasteiger partial charge on any atom is 0.274 e. The third kappa shape index (κ3) is 5.90. The molecule has 0 atom stereocenters. The molecule has 2 aromatic carbocycles. The van der Waals surface area contributed by atoms with Gasteiger partial charge in [-0.1, -0.05) is 6.07 Å². The lowest BCUT2D eigenvalue weighted by Gasteiger charge is -2.10. The molecule has 7 nitrogen and oxygen atoms in total. The molecule has 8 heteroatoms. The topological polar surface area (TPSA) is 85.4 Å². The summed E-state index contributed by atoms with van der Waals surface area (Å²) in [5.74, 6) is 1.55. The molecule has 1 heterocycles. The zero-order chi connectivity index (χ0) is 20.6. The van der Waals surface area contributed by atoms with E-state index in [9.17, 15) is 9.18 Å². The van der Waals surface area contributed by atoms with Gasteiger partial charge in [-0.05, 0) is 49.4 Å². The van der Waals surface area contributed by atoms with Crippen LogP contribution in [0.3, 0.4) is 0 Å². The summed E-state index contributed by atoms with van der Waals surface area (Å²) in [6, 6.07) is 14.5. The van der Waals surface area contributed by atoms with Gasteiger partial charge in [-0.3, -0.25) is 4.79 Å². The highest BCUT2D eigenvalue weighted by molar-refractivity contribution is 6.03. The molecule has 3 rings (SSSR count). The van der Waals surface area contributed by atoms with E-state index < -0.39 is 11.7 Å². The summed E-state index contributed by atoms with van der Waals surface area (Å²) in [4.78, 5) is 20.8. The lowest BCUT2D eigenvalue weighted by molar-refractivity contribution is 0.102. The quantitative estimate of drug-likeness (QED) is 0.565. The van der Waals surface area contributed by atoms with E-state index in [4.69, 9.17) is 9.47 Å². The van der Waals surface area contributed by atoms with Crippen molar-refractivity contribution >= 4 is 17.4 Å². The summed E-state index contributed by atoms with van der Waals surface area (Å²) in [5, 5.41) is 5.73. The summed E-state index contributed by atoms with van der Waals surface area (Å²) in [7, 11) is 1.61. The third-order valence-electron chi connectivity index (χ3n) is 3.89. The smallest absolute Gasteiger partial charge is 0.274 e. The fourth-order valence-corrected chi connectivity index (χ4v) is 2.56. The molecule has 0 unspecified atom stereocenters. The zero-order valence-corrected chi connectivity index (χ0v) is 16.1. The Morgan fingerprint density at radius 1 is 1.07 bits per heavy atom. The van der Waals surface area contributed by atoms with E-state index in [1.54, 1.807) is 20.1 Å². The fourth-order valence-electron chi connectivity index (χ4n) is 2.56. The first-order valence-electron chi connectivity index (χ1n) is 8.97. The van der Waals surface area contributed by atoms with Crippen molar-refractivity contribution in [1.29, 1.82) is 0 Å². The molecule has 0 bridgehead atoms. The average molecular weight is 396 g/mol. The standard InChI is InChI=1S/C21H21FN4O3/c1-14-24-19(21(27)26-16-5-3-4-15(22)12-16)13-20(25-14)23-10-11-29-18-8-6-17(28-2)7-9-18/h3-9,12-13H,10-11H2,1-2H3,(H,26,27)(H,23,24,25). The number of carbonyl (C=O) groups is 1. The van der Waals surface area contributed by atoms with E-state index in [0.29, 0.717) is 30.5 Å². The number of aromatic nitrogens is 2. The number of anilines is 2. The molecular formula is C21H21FN4O3. The molecule has 29 heavy (non-hydrogen) atoms. The number of ether oxygens (including phenoxy) is 2. The van der Waals surface area contributed by atoms with Crippen LogP contribution in [0.5, 0.6) is 11.5 Å². The van der Waals surface area contributed by atoms with Gasteiger partial charge >= 0.3 is 0 Å². The Balaban J connectivity index is 1.56. The number of amides is 1. The van der Waals surface area contributed by atoms with Crippen LogP contribution in [-0.4, -0.2) is 36.1 Å². The van der Waals surface area contributed by atoms with E-state index in [0.717, 1.165) is 11.5 Å². The van der Waals surface area contributed by atoms with Crippen molar-refractivity contribution in [2.75, 3.05) is 30.9 Å². The van der Waals surface area contributed by atoms with Gasteiger partial charge in [0.15, 0.2) is 0 Å². The van der Waals surface area contributed by atoms with Crippen LogP contribution in [0.4, 0.5) is 15.9 Å². The zero-order valence-electron chi connectivity index (χ0n) is 16.1. The molecule has 1 amide bonds. The van der Waals surface area contributed by atoms with Crippen LogP contribution in [0.1, 0.15) is 16.3 Å². The number of carbonyl (C=O) groups excluding carboxylic acids is 1. The van der Waals surface area contributed by atoms with Crippen molar-refractivity contribution in [2.45, 2.75) is 6.92 Å². The number of halogens is 1. The van der Waals surface area contributed by atoms with Crippen LogP contribution in [0.15, 0.2) is 54.6 Å². The molecule has 0 aliphatic rings. The number of nitrogens with zero attached hydrogens (tertiary/aromatic N) is 2.